The molecule has 1 N–H and O–H groups in total. The Morgan fingerprint density at radius 2 is 1.74 bits per heavy atom. The summed E-state index contributed by atoms with van der Waals surface area (Å²) in [7, 11) is 3.89. The van der Waals surface area contributed by atoms with Gasteiger partial charge >= 0.3 is 0 Å². The van der Waals surface area contributed by atoms with E-state index in [-0.39, 0.29) is 17.4 Å². The summed E-state index contributed by atoms with van der Waals surface area (Å²) in [6.07, 6.45) is 0. The number of rotatable bonds is 7. The Hall–Kier alpha value is -2.89. The molecule has 0 aromatic heterocycles. The highest BCUT2D eigenvalue weighted by molar-refractivity contribution is 6.04. The highest BCUT2D eigenvalue weighted by atomic mass is 19.1. The van der Waals surface area contributed by atoms with Crippen molar-refractivity contribution in [3.8, 4) is 0 Å². The minimum Gasteiger partial charge on any atom is -0.377 e. The molecule has 0 bridgehead atoms. The summed E-state index contributed by atoms with van der Waals surface area (Å²) in [6, 6.07) is 11.2. The highest BCUT2D eigenvalue weighted by Crippen LogP contribution is 2.27. The predicted molar refractivity (Wildman–Crippen MR) is 125 cm³/mol. The van der Waals surface area contributed by atoms with E-state index in [2.05, 4.69) is 19.2 Å². The third kappa shape index (κ3) is 6.81. The molecule has 2 amide bonds. The average molecular weight is 428 g/mol. The van der Waals surface area contributed by atoms with Crippen LogP contribution in [-0.2, 0) is 11.3 Å². The number of hydrogen-bond donors (Lipinski definition) is 1. The number of benzene rings is 2. The molecular formula is C25H34FN3O2. The van der Waals surface area contributed by atoms with Crippen molar-refractivity contribution in [3.63, 3.8) is 0 Å². The van der Waals surface area contributed by atoms with Crippen molar-refractivity contribution in [2.45, 2.75) is 41.2 Å². The summed E-state index contributed by atoms with van der Waals surface area (Å²) < 4.78 is 13.5. The summed E-state index contributed by atoms with van der Waals surface area (Å²) in [5, 5.41) is 2.84. The van der Waals surface area contributed by atoms with Crippen LogP contribution in [0, 0.1) is 17.2 Å². The van der Waals surface area contributed by atoms with Crippen LogP contribution in [0.4, 0.5) is 15.8 Å². The number of carbonyl (C=O) groups is 2. The van der Waals surface area contributed by atoms with E-state index in [9.17, 15) is 14.0 Å². The van der Waals surface area contributed by atoms with E-state index in [1.165, 1.54) is 18.2 Å². The fourth-order valence-electron chi connectivity index (χ4n) is 3.40. The SMILES string of the molecule is CC(C)CN(Cc1cc(NC(=O)c2cccc(F)c2)ccc1N(C)C)C(=O)C(C)(C)C. The van der Waals surface area contributed by atoms with Crippen LogP contribution in [0.15, 0.2) is 42.5 Å². The smallest absolute Gasteiger partial charge is 0.255 e. The van der Waals surface area contributed by atoms with Gasteiger partial charge in [0.05, 0.1) is 0 Å². The molecule has 2 aromatic carbocycles. The maximum Gasteiger partial charge on any atom is 0.255 e. The van der Waals surface area contributed by atoms with Gasteiger partial charge in [-0.05, 0) is 47.9 Å². The topological polar surface area (TPSA) is 52.7 Å². The molecule has 0 fully saturated rings. The Morgan fingerprint density at radius 3 is 2.29 bits per heavy atom. The number of carbonyl (C=O) groups excluding carboxylic acids is 2. The number of anilines is 2. The molecule has 2 aromatic rings. The molecule has 0 atom stereocenters. The first-order valence-electron chi connectivity index (χ1n) is 10.5. The molecule has 0 aliphatic rings. The first kappa shape index (κ1) is 24.4. The first-order valence-corrected chi connectivity index (χ1v) is 10.5. The molecular weight excluding hydrogens is 393 g/mol. The standard InChI is InChI=1S/C25H34FN3O2/c1-17(2)15-29(24(31)25(3,4)5)16-19-14-21(11-12-22(19)28(6)7)27-23(30)18-9-8-10-20(26)13-18/h8-14,17H,15-16H2,1-7H3,(H,27,30). The van der Waals surface area contributed by atoms with Gasteiger partial charge in [0.25, 0.3) is 5.91 Å². The minimum absolute atomic E-state index is 0.0834. The van der Waals surface area contributed by atoms with Crippen LogP contribution in [0.2, 0.25) is 0 Å². The number of hydrogen-bond acceptors (Lipinski definition) is 3. The summed E-state index contributed by atoms with van der Waals surface area (Å²) >= 11 is 0. The van der Waals surface area contributed by atoms with Crippen molar-refractivity contribution >= 4 is 23.2 Å². The van der Waals surface area contributed by atoms with Crippen LogP contribution in [-0.4, -0.2) is 37.4 Å². The summed E-state index contributed by atoms with van der Waals surface area (Å²) in [4.78, 5) is 29.5. The van der Waals surface area contributed by atoms with Crippen LogP contribution < -0.4 is 10.2 Å². The molecule has 0 saturated heterocycles. The molecule has 5 nitrogen and oxygen atoms in total. The number of nitrogens with zero attached hydrogens (tertiary/aromatic N) is 2. The molecule has 168 valence electrons. The van der Waals surface area contributed by atoms with Gasteiger partial charge in [-0.1, -0.05) is 40.7 Å². The summed E-state index contributed by atoms with van der Waals surface area (Å²) in [5.74, 6) is -0.431. The van der Waals surface area contributed by atoms with Crippen molar-refractivity contribution in [1.82, 2.24) is 4.90 Å². The second-order valence-electron chi connectivity index (χ2n) is 9.53. The van der Waals surface area contributed by atoms with E-state index in [1.807, 2.05) is 62.9 Å². The Morgan fingerprint density at radius 1 is 1.06 bits per heavy atom. The molecule has 6 heteroatoms. The van der Waals surface area contributed by atoms with Crippen LogP contribution in [0.1, 0.15) is 50.5 Å². The van der Waals surface area contributed by atoms with Gasteiger partial charge < -0.3 is 15.1 Å². The molecule has 0 spiro atoms. The van der Waals surface area contributed by atoms with Gasteiger partial charge in [0, 0.05) is 49.5 Å². The second-order valence-corrected chi connectivity index (χ2v) is 9.53. The van der Waals surface area contributed by atoms with E-state index < -0.39 is 11.2 Å². The number of amides is 2. The fraction of sp³-hybridized carbons (Fsp3) is 0.440. The Balaban J connectivity index is 2.35. The quantitative estimate of drug-likeness (QED) is 0.663. The van der Waals surface area contributed by atoms with Crippen molar-refractivity contribution in [3.05, 3.63) is 59.4 Å². The third-order valence-electron chi connectivity index (χ3n) is 4.78. The van der Waals surface area contributed by atoms with Gasteiger partial charge in [0.1, 0.15) is 5.82 Å². The summed E-state index contributed by atoms with van der Waals surface area (Å²) in [5.41, 5.74) is 2.26. The van der Waals surface area contributed by atoms with Gasteiger partial charge in [0.15, 0.2) is 0 Å². The van der Waals surface area contributed by atoms with E-state index in [1.54, 1.807) is 6.07 Å². The predicted octanol–water partition coefficient (Wildman–Crippen LogP) is 5.17. The monoisotopic (exact) mass is 427 g/mol. The van der Waals surface area contributed by atoms with Crippen molar-refractivity contribution in [2.24, 2.45) is 11.3 Å². The lowest BCUT2D eigenvalue weighted by molar-refractivity contribution is -0.140. The Bertz CT molecular complexity index is 933. The van der Waals surface area contributed by atoms with E-state index in [4.69, 9.17) is 0 Å². The number of halogens is 1. The molecule has 0 radical (unpaired) electrons. The summed E-state index contributed by atoms with van der Waals surface area (Å²) in [6.45, 7) is 11.0. The Labute approximate surface area is 185 Å². The van der Waals surface area contributed by atoms with Gasteiger partial charge in [0.2, 0.25) is 5.91 Å². The lowest BCUT2D eigenvalue weighted by atomic mass is 9.93. The van der Waals surface area contributed by atoms with Gasteiger partial charge in [-0.3, -0.25) is 9.59 Å². The Kier molecular flexibility index (Phi) is 7.82. The third-order valence-corrected chi connectivity index (χ3v) is 4.78. The maximum atomic E-state index is 13.5. The van der Waals surface area contributed by atoms with Gasteiger partial charge in [-0.2, -0.15) is 0 Å². The van der Waals surface area contributed by atoms with Crippen molar-refractivity contribution in [1.29, 1.82) is 0 Å². The molecule has 0 aliphatic carbocycles. The lowest BCUT2D eigenvalue weighted by Gasteiger charge is -2.32. The second kappa shape index (κ2) is 9.94. The average Bonchev–Trinajstić information content (AvgIpc) is 2.65. The molecule has 0 saturated carbocycles. The lowest BCUT2D eigenvalue weighted by Crippen LogP contribution is -2.41. The van der Waals surface area contributed by atoms with E-state index in [0.717, 1.165) is 11.3 Å². The zero-order valence-electron chi connectivity index (χ0n) is 19.6. The van der Waals surface area contributed by atoms with E-state index in [0.29, 0.717) is 24.7 Å². The zero-order valence-corrected chi connectivity index (χ0v) is 19.6. The van der Waals surface area contributed by atoms with Crippen LogP contribution in [0.5, 0.6) is 0 Å². The molecule has 0 heterocycles. The van der Waals surface area contributed by atoms with Crippen molar-refractivity contribution in [2.75, 3.05) is 30.9 Å². The molecule has 31 heavy (non-hydrogen) atoms. The molecule has 2 rings (SSSR count). The van der Waals surface area contributed by atoms with Gasteiger partial charge in [-0.25, -0.2) is 4.39 Å². The van der Waals surface area contributed by atoms with Crippen LogP contribution in [0.3, 0.4) is 0 Å². The largest absolute Gasteiger partial charge is 0.377 e. The van der Waals surface area contributed by atoms with E-state index >= 15 is 0 Å². The molecule has 0 aliphatic heterocycles. The normalized spacial score (nSPS) is 11.4. The van der Waals surface area contributed by atoms with Gasteiger partial charge in [-0.15, -0.1) is 0 Å². The highest BCUT2D eigenvalue weighted by Gasteiger charge is 2.28. The number of nitrogens with one attached hydrogen (secondary N) is 1. The molecule has 0 unspecified atom stereocenters. The van der Waals surface area contributed by atoms with Crippen LogP contribution in [0.25, 0.3) is 0 Å². The fourth-order valence-corrected chi connectivity index (χ4v) is 3.40. The van der Waals surface area contributed by atoms with Crippen LogP contribution >= 0.6 is 0 Å². The minimum atomic E-state index is -0.490. The first-order chi connectivity index (χ1) is 14.4. The maximum absolute atomic E-state index is 13.5. The van der Waals surface area contributed by atoms with Crippen molar-refractivity contribution < 1.29 is 14.0 Å². The zero-order chi connectivity index (χ0) is 23.3.